The maximum Gasteiger partial charge on any atom is 0.0215 e. The zero-order valence-electron chi connectivity index (χ0n) is 11.9. The summed E-state index contributed by atoms with van der Waals surface area (Å²) in [5.41, 5.74) is 11.2. The van der Waals surface area contributed by atoms with Crippen LogP contribution < -0.4 is 11.1 Å². The molecule has 1 rings (SSSR count). The van der Waals surface area contributed by atoms with Gasteiger partial charge in [-0.05, 0) is 64.3 Å². The van der Waals surface area contributed by atoms with E-state index in [-0.39, 0.29) is 5.54 Å². The highest BCUT2D eigenvalue weighted by molar-refractivity contribution is 5.37. The number of benzene rings is 1. The van der Waals surface area contributed by atoms with Crippen LogP contribution in [0, 0.1) is 20.8 Å². The number of nitrogens with two attached hydrogens (primary N) is 1. The standard InChI is InChI=1S/C15H26N2/c1-11-8-12(2)14(13(3)9-11)10-17-15(4,5)6-7-16/h8-9,17H,6-7,10,16H2,1-5H3. The normalized spacial score (nSPS) is 11.9. The van der Waals surface area contributed by atoms with Gasteiger partial charge < -0.3 is 11.1 Å². The third-order valence-electron chi connectivity index (χ3n) is 3.35. The van der Waals surface area contributed by atoms with Crippen molar-refractivity contribution >= 4 is 0 Å². The number of rotatable bonds is 5. The van der Waals surface area contributed by atoms with E-state index < -0.39 is 0 Å². The molecular weight excluding hydrogens is 208 g/mol. The highest BCUT2D eigenvalue weighted by atomic mass is 15.0. The summed E-state index contributed by atoms with van der Waals surface area (Å²) in [6, 6.07) is 4.50. The minimum absolute atomic E-state index is 0.110. The minimum atomic E-state index is 0.110. The molecule has 2 heteroatoms. The van der Waals surface area contributed by atoms with Crippen molar-refractivity contribution < 1.29 is 0 Å². The lowest BCUT2D eigenvalue weighted by molar-refractivity contribution is 0.364. The van der Waals surface area contributed by atoms with Gasteiger partial charge in [-0.3, -0.25) is 0 Å². The van der Waals surface area contributed by atoms with Crippen LogP contribution in [0.5, 0.6) is 0 Å². The fraction of sp³-hybridized carbons (Fsp3) is 0.600. The molecule has 0 spiro atoms. The van der Waals surface area contributed by atoms with Crippen LogP contribution in [0.1, 0.15) is 42.5 Å². The Morgan fingerprint density at radius 3 is 2.12 bits per heavy atom. The minimum Gasteiger partial charge on any atom is -0.330 e. The van der Waals surface area contributed by atoms with E-state index in [4.69, 9.17) is 5.73 Å². The Balaban J connectivity index is 2.76. The summed E-state index contributed by atoms with van der Waals surface area (Å²) in [7, 11) is 0. The Hall–Kier alpha value is -0.860. The van der Waals surface area contributed by atoms with E-state index in [9.17, 15) is 0 Å². The van der Waals surface area contributed by atoms with Gasteiger partial charge in [-0.2, -0.15) is 0 Å². The van der Waals surface area contributed by atoms with Crippen LogP contribution in [0.25, 0.3) is 0 Å². The number of hydrogen-bond acceptors (Lipinski definition) is 2. The molecule has 0 bridgehead atoms. The molecule has 1 aromatic carbocycles. The van der Waals surface area contributed by atoms with Gasteiger partial charge in [-0.15, -0.1) is 0 Å². The van der Waals surface area contributed by atoms with Crippen molar-refractivity contribution in [1.29, 1.82) is 0 Å². The summed E-state index contributed by atoms with van der Waals surface area (Å²) < 4.78 is 0. The van der Waals surface area contributed by atoms with Crippen LogP contribution in [-0.2, 0) is 6.54 Å². The molecule has 1 aromatic rings. The van der Waals surface area contributed by atoms with Crippen molar-refractivity contribution in [3.8, 4) is 0 Å². The molecule has 0 amide bonds. The topological polar surface area (TPSA) is 38.0 Å². The second-order valence-electron chi connectivity index (χ2n) is 5.65. The molecule has 0 aliphatic rings. The Kier molecular flexibility index (Phi) is 4.72. The van der Waals surface area contributed by atoms with Crippen LogP contribution in [0.3, 0.4) is 0 Å². The van der Waals surface area contributed by atoms with Crippen molar-refractivity contribution in [2.24, 2.45) is 5.73 Å². The van der Waals surface area contributed by atoms with Crippen LogP contribution >= 0.6 is 0 Å². The first kappa shape index (κ1) is 14.2. The lowest BCUT2D eigenvalue weighted by Gasteiger charge is -2.27. The Morgan fingerprint density at radius 1 is 1.12 bits per heavy atom. The van der Waals surface area contributed by atoms with Crippen molar-refractivity contribution in [3.63, 3.8) is 0 Å². The lowest BCUT2D eigenvalue weighted by Crippen LogP contribution is -2.40. The molecule has 3 N–H and O–H groups in total. The van der Waals surface area contributed by atoms with Gasteiger partial charge >= 0.3 is 0 Å². The number of hydrogen-bond donors (Lipinski definition) is 2. The smallest absolute Gasteiger partial charge is 0.0215 e. The molecular formula is C15H26N2. The lowest BCUT2D eigenvalue weighted by atomic mass is 9.96. The molecule has 0 aliphatic carbocycles. The van der Waals surface area contributed by atoms with Gasteiger partial charge in [0.25, 0.3) is 0 Å². The molecule has 0 unspecified atom stereocenters. The van der Waals surface area contributed by atoms with Gasteiger partial charge in [0.1, 0.15) is 0 Å². The van der Waals surface area contributed by atoms with E-state index in [1.807, 2.05) is 0 Å². The van der Waals surface area contributed by atoms with Gasteiger partial charge in [-0.25, -0.2) is 0 Å². The third-order valence-corrected chi connectivity index (χ3v) is 3.35. The fourth-order valence-electron chi connectivity index (χ4n) is 2.27. The van der Waals surface area contributed by atoms with Crippen molar-refractivity contribution in [1.82, 2.24) is 5.32 Å². The van der Waals surface area contributed by atoms with Gasteiger partial charge in [0.05, 0.1) is 0 Å². The predicted molar refractivity (Wildman–Crippen MR) is 75.2 cm³/mol. The van der Waals surface area contributed by atoms with E-state index in [0.717, 1.165) is 19.5 Å². The summed E-state index contributed by atoms with van der Waals surface area (Å²) in [5, 5.41) is 3.60. The van der Waals surface area contributed by atoms with Gasteiger partial charge in [-0.1, -0.05) is 17.7 Å². The van der Waals surface area contributed by atoms with Crippen LogP contribution in [0.4, 0.5) is 0 Å². The van der Waals surface area contributed by atoms with E-state index in [2.05, 4.69) is 52.1 Å². The van der Waals surface area contributed by atoms with Crippen LogP contribution in [0.15, 0.2) is 12.1 Å². The molecule has 17 heavy (non-hydrogen) atoms. The number of aryl methyl sites for hydroxylation is 3. The summed E-state index contributed by atoms with van der Waals surface area (Å²) in [4.78, 5) is 0. The zero-order chi connectivity index (χ0) is 13.1. The second-order valence-corrected chi connectivity index (χ2v) is 5.65. The quantitative estimate of drug-likeness (QED) is 0.822. The molecule has 0 heterocycles. The molecule has 2 nitrogen and oxygen atoms in total. The van der Waals surface area contributed by atoms with E-state index in [1.54, 1.807) is 0 Å². The molecule has 0 saturated carbocycles. The van der Waals surface area contributed by atoms with Crippen molar-refractivity contribution in [2.45, 2.75) is 53.1 Å². The van der Waals surface area contributed by atoms with Crippen molar-refractivity contribution in [3.05, 3.63) is 34.4 Å². The van der Waals surface area contributed by atoms with Gasteiger partial charge in [0.15, 0.2) is 0 Å². The first-order chi connectivity index (χ1) is 7.85. The third kappa shape index (κ3) is 4.14. The summed E-state index contributed by atoms with van der Waals surface area (Å²) >= 11 is 0. The Labute approximate surface area is 106 Å². The largest absolute Gasteiger partial charge is 0.330 e. The fourth-order valence-corrected chi connectivity index (χ4v) is 2.27. The average Bonchev–Trinajstić information content (AvgIpc) is 2.15. The maximum absolute atomic E-state index is 5.62. The van der Waals surface area contributed by atoms with E-state index in [1.165, 1.54) is 22.3 Å². The molecule has 0 radical (unpaired) electrons. The van der Waals surface area contributed by atoms with Crippen LogP contribution in [0.2, 0.25) is 0 Å². The first-order valence-corrected chi connectivity index (χ1v) is 6.37. The van der Waals surface area contributed by atoms with Gasteiger partial charge in [0, 0.05) is 12.1 Å². The summed E-state index contributed by atoms with van der Waals surface area (Å²) in [6.07, 6.45) is 0.997. The highest BCUT2D eigenvalue weighted by Crippen LogP contribution is 2.17. The SMILES string of the molecule is Cc1cc(C)c(CNC(C)(C)CCN)c(C)c1. The van der Waals surface area contributed by atoms with Crippen molar-refractivity contribution in [2.75, 3.05) is 6.54 Å². The predicted octanol–water partition coefficient (Wildman–Crippen LogP) is 2.83. The van der Waals surface area contributed by atoms with E-state index in [0.29, 0.717) is 0 Å². The Morgan fingerprint density at radius 2 is 1.65 bits per heavy atom. The summed E-state index contributed by atoms with van der Waals surface area (Å²) in [6.45, 7) is 12.6. The Bertz CT molecular complexity index is 358. The molecule has 0 saturated heterocycles. The number of nitrogens with one attached hydrogen (secondary N) is 1. The van der Waals surface area contributed by atoms with Gasteiger partial charge in [0.2, 0.25) is 0 Å². The molecule has 0 fully saturated rings. The highest BCUT2D eigenvalue weighted by Gasteiger charge is 2.16. The maximum atomic E-state index is 5.62. The average molecular weight is 234 g/mol. The molecule has 0 atom stereocenters. The van der Waals surface area contributed by atoms with Crippen LogP contribution in [-0.4, -0.2) is 12.1 Å². The van der Waals surface area contributed by atoms with E-state index >= 15 is 0 Å². The zero-order valence-corrected chi connectivity index (χ0v) is 11.9. The molecule has 96 valence electrons. The molecule has 0 aromatic heterocycles. The monoisotopic (exact) mass is 234 g/mol. The summed E-state index contributed by atoms with van der Waals surface area (Å²) in [5.74, 6) is 0. The molecule has 0 aliphatic heterocycles. The second kappa shape index (κ2) is 5.65. The first-order valence-electron chi connectivity index (χ1n) is 6.37.